The minimum absolute atomic E-state index is 0.0961. The Morgan fingerprint density at radius 1 is 1.43 bits per heavy atom. The van der Waals surface area contributed by atoms with E-state index in [2.05, 4.69) is 6.92 Å². The highest BCUT2D eigenvalue weighted by atomic mass is 16.6. The lowest BCUT2D eigenvalue weighted by molar-refractivity contribution is -0.384. The van der Waals surface area contributed by atoms with E-state index >= 15 is 0 Å². The molecule has 0 bridgehead atoms. The van der Waals surface area contributed by atoms with E-state index < -0.39 is 4.92 Å². The number of amides is 1. The van der Waals surface area contributed by atoms with Crippen LogP contribution in [-0.4, -0.2) is 22.3 Å². The predicted molar refractivity (Wildman–Crippen MR) is 80.6 cm³/mol. The Morgan fingerprint density at radius 3 is 2.86 bits per heavy atom. The van der Waals surface area contributed by atoms with E-state index in [1.54, 1.807) is 11.0 Å². The zero-order chi connectivity index (χ0) is 15.4. The number of anilines is 1. The molecule has 1 aromatic carbocycles. The fourth-order valence-electron chi connectivity index (χ4n) is 2.73. The van der Waals surface area contributed by atoms with Crippen molar-refractivity contribution in [2.75, 3.05) is 12.3 Å². The highest BCUT2D eigenvalue weighted by Crippen LogP contribution is 2.25. The van der Waals surface area contributed by atoms with Gasteiger partial charge in [-0.3, -0.25) is 14.9 Å². The molecule has 2 rings (SSSR count). The molecular weight excluding hydrogens is 270 g/mol. The quantitative estimate of drug-likeness (QED) is 0.524. The minimum Gasteiger partial charge on any atom is -0.393 e. The Kier molecular flexibility index (Phi) is 4.77. The van der Waals surface area contributed by atoms with E-state index in [-0.39, 0.29) is 17.3 Å². The van der Waals surface area contributed by atoms with Crippen LogP contribution in [-0.2, 0) is 11.3 Å². The third-order valence-corrected chi connectivity index (χ3v) is 4.17. The molecule has 2 N–H and O–H groups in total. The van der Waals surface area contributed by atoms with Gasteiger partial charge in [-0.25, -0.2) is 0 Å². The van der Waals surface area contributed by atoms with Crippen molar-refractivity contribution in [1.82, 2.24) is 4.90 Å². The molecule has 1 heterocycles. The molecule has 1 saturated heterocycles. The van der Waals surface area contributed by atoms with Crippen molar-refractivity contribution in [3.8, 4) is 0 Å². The largest absolute Gasteiger partial charge is 0.393 e. The summed E-state index contributed by atoms with van der Waals surface area (Å²) >= 11 is 0. The first kappa shape index (κ1) is 15.3. The highest BCUT2D eigenvalue weighted by Gasteiger charge is 2.22. The number of nitrogen functional groups attached to an aromatic ring is 1. The van der Waals surface area contributed by atoms with Crippen LogP contribution in [0.25, 0.3) is 0 Å². The zero-order valence-electron chi connectivity index (χ0n) is 12.2. The Morgan fingerprint density at radius 2 is 2.19 bits per heavy atom. The number of rotatable bonds is 4. The van der Waals surface area contributed by atoms with Gasteiger partial charge in [-0.1, -0.05) is 19.4 Å². The summed E-state index contributed by atoms with van der Waals surface area (Å²) in [6.07, 6.45) is 3.59. The molecule has 0 aromatic heterocycles. The average Bonchev–Trinajstić information content (AvgIpc) is 2.63. The van der Waals surface area contributed by atoms with E-state index in [9.17, 15) is 14.9 Å². The summed E-state index contributed by atoms with van der Waals surface area (Å²) < 4.78 is 0. The van der Waals surface area contributed by atoms with E-state index in [1.165, 1.54) is 12.1 Å². The van der Waals surface area contributed by atoms with Crippen LogP contribution in [0.4, 0.5) is 11.4 Å². The number of nitro benzene ring substituents is 1. The van der Waals surface area contributed by atoms with Crippen LogP contribution in [0.1, 0.15) is 38.2 Å². The third-order valence-electron chi connectivity index (χ3n) is 4.17. The average molecular weight is 291 g/mol. The molecule has 0 aliphatic carbocycles. The molecule has 1 aromatic rings. The summed E-state index contributed by atoms with van der Waals surface area (Å²) in [5, 5.41) is 10.9. The summed E-state index contributed by atoms with van der Waals surface area (Å²) in [4.78, 5) is 24.4. The number of nitrogens with zero attached hydrogens (tertiary/aromatic N) is 2. The highest BCUT2D eigenvalue weighted by molar-refractivity contribution is 5.76. The lowest BCUT2D eigenvalue weighted by Gasteiger charge is -2.21. The molecule has 1 unspecified atom stereocenters. The van der Waals surface area contributed by atoms with Crippen molar-refractivity contribution < 1.29 is 9.72 Å². The van der Waals surface area contributed by atoms with Crippen LogP contribution in [0.3, 0.4) is 0 Å². The second kappa shape index (κ2) is 6.56. The van der Waals surface area contributed by atoms with Gasteiger partial charge in [-0.2, -0.15) is 0 Å². The van der Waals surface area contributed by atoms with Gasteiger partial charge in [-0.15, -0.1) is 0 Å². The van der Waals surface area contributed by atoms with Crippen molar-refractivity contribution in [3.05, 3.63) is 33.9 Å². The predicted octanol–water partition coefficient (Wildman–Crippen LogP) is 2.72. The molecule has 1 amide bonds. The molecule has 0 spiro atoms. The molecule has 1 fully saturated rings. The van der Waals surface area contributed by atoms with Gasteiger partial charge >= 0.3 is 0 Å². The number of nitrogens with two attached hydrogens (primary N) is 1. The second-order valence-corrected chi connectivity index (χ2v) is 5.57. The van der Waals surface area contributed by atoms with Crippen LogP contribution in [0.15, 0.2) is 18.2 Å². The first-order chi connectivity index (χ1) is 10.0. The number of hydrogen-bond donors (Lipinski definition) is 1. The van der Waals surface area contributed by atoms with Crippen LogP contribution in [0.5, 0.6) is 0 Å². The van der Waals surface area contributed by atoms with E-state index in [0.717, 1.165) is 31.4 Å². The lowest BCUT2D eigenvalue weighted by atomic mass is 9.98. The van der Waals surface area contributed by atoms with Crippen molar-refractivity contribution in [3.63, 3.8) is 0 Å². The summed E-state index contributed by atoms with van der Waals surface area (Å²) in [5.74, 6) is 0.727. The standard InChI is InChI=1S/C15H21N3O3/c1-2-11-4-6-15(19)17(8-7-11)10-12-3-5-13(16)14(9-12)18(20)21/h3,5,9,11H,2,4,6-8,10,16H2,1H3. The van der Waals surface area contributed by atoms with Crippen molar-refractivity contribution in [1.29, 1.82) is 0 Å². The van der Waals surface area contributed by atoms with E-state index in [1.807, 2.05) is 0 Å². The van der Waals surface area contributed by atoms with E-state index in [4.69, 9.17) is 5.73 Å². The Bertz CT molecular complexity index is 545. The Balaban J connectivity index is 2.12. The molecule has 0 radical (unpaired) electrons. The Hall–Kier alpha value is -2.11. The summed E-state index contributed by atoms with van der Waals surface area (Å²) in [5.41, 5.74) is 6.39. The maximum atomic E-state index is 12.1. The number of nitro groups is 1. The zero-order valence-corrected chi connectivity index (χ0v) is 12.2. The maximum absolute atomic E-state index is 12.1. The molecule has 6 heteroatoms. The topological polar surface area (TPSA) is 89.5 Å². The van der Waals surface area contributed by atoms with Crippen LogP contribution >= 0.6 is 0 Å². The smallest absolute Gasteiger partial charge is 0.292 e. The van der Waals surface area contributed by atoms with Crippen LogP contribution in [0.2, 0.25) is 0 Å². The van der Waals surface area contributed by atoms with Crippen molar-refractivity contribution in [2.45, 2.75) is 39.2 Å². The third kappa shape index (κ3) is 3.71. The van der Waals surface area contributed by atoms with Crippen LogP contribution in [0, 0.1) is 16.0 Å². The molecule has 1 atom stereocenters. The molecule has 0 saturated carbocycles. The molecule has 6 nitrogen and oxygen atoms in total. The number of hydrogen-bond acceptors (Lipinski definition) is 4. The fourth-order valence-corrected chi connectivity index (χ4v) is 2.73. The monoisotopic (exact) mass is 291 g/mol. The number of benzene rings is 1. The molecular formula is C15H21N3O3. The first-order valence-electron chi connectivity index (χ1n) is 7.31. The number of carbonyl (C=O) groups excluding carboxylic acids is 1. The van der Waals surface area contributed by atoms with Crippen molar-refractivity contribution >= 4 is 17.3 Å². The first-order valence-corrected chi connectivity index (χ1v) is 7.31. The van der Waals surface area contributed by atoms with Gasteiger partial charge in [0.15, 0.2) is 0 Å². The Labute approximate surface area is 124 Å². The summed E-state index contributed by atoms with van der Waals surface area (Å²) in [7, 11) is 0. The maximum Gasteiger partial charge on any atom is 0.292 e. The fraction of sp³-hybridized carbons (Fsp3) is 0.533. The lowest BCUT2D eigenvalue weighted by Crippen LogP contribution is -2.29. The van der Waals surface area contributed by atoms with Crippen LogP contribution < -0.4 is 5.73 Å². The molecule has 114 valence electrons. The van der Waals surface area contributed by atoms with Gasteiger partial charge in [0.25, 0.3) is 5.69 Å². The van der Waals surface area contributed by atoms with Gasteiger partial charge < -0.3 is 10.6 Å². The molecule has 1 aliphatic rings. The SMILES string of the molecule is CCC1CCC(=O)N(Cc2ccc(N)c([N+](=O)[O-])c2)CC1. The van der Waals surface area contributed by atoms with Gasteiger partial charge in [0, 0.05) is 25.6 Å². The van der Waals surface area contributed by atoms with E-state index in [0.29, 0.717) is 18.9 Å². The van der Waals surface area contributed by atoms with Gasteiger partial charge in [0.1, 0.15) is 5.69 Å². The van der Waals surface area contributed by atoms with Crippen molar-refractivity contribution in [2.24, 2.45) is 5.92 Å². The number of likely N-dealkylation sites (tertiary alicyclic amines) is 1. The minimum atomic E-state index is -0.490. The molecule has 21 heavy (non-hydrogen) atoms. The summed E-state index contributed by atoms with van der Waals surface area (Å²) in [6.45, 7) is 3.28. The van der Waals surface area contributed by atoms with Gasteiger partial charge in [0.2, 0.25) is 5.91 Å². The number of carbonyl (C=O) groups is 1. The normalized spacial score (nSPS) is 19.4. The second-order valence-electron chi connectivity index (χ2n) is 5.57. The molecule has 1 aliphatic heterocycles. The van der Waals surface area contributed by atoms with Gasteiger partial charge in [0.05, 0.1) is 4.92 Å². The summed E-state index contributed by atoms with van der Waals surface area (Å²) in [6, 6.07) is 4.74. The van der Waals surface area contributed by atoms with Gasteiger partial charge in [-0.05, 0) is 30.4 Å².